The van der Waals surface area contributed by atoms with Gasteiger partial charge in [0.15, 0.2) is 0 Å². The van der Waals surface area contributed by atoms with Crippen molar-refractivity contribution in [3.05, 3.63) is 28.2 Å². The molecule has 0 saturated heterocycles. The van der Waals surface area contributed by atoms with Crippen molar-refractivity contribution in [1.29, 1.82) is 0 Å². The van der Waals surface area contributed by atoms with E-state index in [0.717, 1.165) is 4.47 Å². The Balaban J connectivity index is 3.05. The molecule has 0 atom stereocenters. The van der Waals surface area contributed by atoms with E-state index < -0.39 is 0 Å². The molecule has 4 heteroatoms. The van der Waals surface area contributed by atoms with E-state index >= 15 is 0 Å². The van der Waals surface area contributed by atoms with Gasteiger partial charge in [0.25, 0.3) is 5.91 Å². The number of rotatable bonds is 3. The summed E-state index contributed by atoms with van der Waals surface area (Å²) in [4.78, 5) is 13.8. The summed E-state index contributed by atoms with van der Waals surface area (Å²) < 4.78 is 0.764. The van der Waals surface area contributed by atoms with Gasteiger partial charge in [-0.15, -0.1) is 0 Å². The lowest BCUT2D eigenvalue weighted by Gasteiger charge is -2.19. The van der Waals surface area contributed by atoms with E-state index in [4.69, 9.17) is 5.73 Å². The van der Waals surface area contributed by atoms with Crippen LogP contribution < -0.4 is 5.73 Å². The number of carbonyl (C=O) groups is 1. The number of para-hydroxylation sites is 1. The first-order valence-corrected chi connectivity index (χ1v) is 5.74. The van der Waals surface area contributed by atoms with E-state index in [-0.39, 0.29) is 5.91 Å². The predicted octanol–water partition coefficient (Wildman–Crippen LogP) is 2.51. The number of hydrogen-bond acceptors (Lipinski definition) is 2. The van der Waals surface area contributed by atoms with Crippen LogP contribution in [0.15, 0.2) is 22.7 Å². The number of nitrogens with two attached hydrogens (primary N) is 1. The van der Waals surface area contributed by atoms with Crippen LogP contribution >= 0.6 is 15.9 Å². The van der Waals surface area contributed by atoms with Crippen molar-refractivity contribution in [3.63, 3.8) is 0 Å². The molecule has 0 aliphatic heterocycles. The molecule has 1 rings (SSSR count). The molecule has 1 amide bonds. The van der Waals surface area contributed by atoms with E-state index in [2.05, 4.69) is 15.9 Å². The van der Waals surface area contributed by atoms with Gasteiger partial charge >= 0.3 is 0 Å². The van der Waals surface area contributed by atoms with Crippen molar-refractivity contribution in [3.8, 4) is 0 Å². The Bertz CT molecular complexity index is 362. The van der Waals surface area contributed by atoms with Gasteiger partial charge in [-0.1, -0.05) is 6.07 Å². The summed E-state index contributed by atoms with van der Waals surface area (Å²) in [5.74, 6) is -0.0150. The lowest BCUT2D eigenvalue weighted by Crippen LogP contribution is -2.31. The number of amides is 1. The number of hydrogen-bond donors (Lipinski definition) is 1. The molecule has 0 fully saturated rings. The van der Waals surface area contributed by atoms with Crippen molar-refractivity contribution >= 4 is 27.5 Å². The minimum Gasteiger partial charge on any atom is -0.397 e. The zero-order chi connectivity index (χ0) is 11.4. The normalized spacial score (nSPS) is 10.1. The minimum atomic E-state index is -0.0150. The Morgan fingerprint density at radius 1 is 1.40 bits per heavy atom. The molecule has 0 saturated carbocycles. The van der Waals surface area contributed by atoms with Gasteiger partial charge in [-0.2, -0.15) is 0 Å². The molecule has 1 aromatic carbocycles. The third kappa shape index (κ3) is 2.50. The first-order chi connectivity index (χ1) is 7.11. The zero-order valence-corrected chi connectivity index (χ0v) is 10.5. The van der Waals surface area contributed by atoms with E-state index in [1.165, 1.54) is 0 Å². The van der Waals surface area contributed by atoms with Gasteiger partial charge in [0.05, 0.1) is 11.3 Å². The number of carbonyl (C=O) groups excluding carboxylic acids is 1. The van der Waals surface area contributed by atoms with Crippen LogP contribution in [0.3, 0.4) is 0 Å². The first kappa shape index (κ1) is 12.0. The van der Waals surface area contributed by atoms with Crippen LogP contribution in [0, 0.1) is 0 Å². The first-order valence-electron chi connectivity index (χ1n) is 4.95. The molecule has 82 valence electrons. The monoisotopic (exact) mass is 270 g/mol. The summed E-state index contributed by atoms with van der Waals surface area (Å²) in [6, 6.07) is 5.40. The molecule has 0 heterocycles. The zero-order valence-electron chi connectivity index (χ0n) is 8.96. The molecule has 0 unspecified atom stereocenters. The van der Waals surface area contributed by atoms with Gasteiger partial charge in [0.2, 0.25) is 0 Å². The van der Waals surface area contributed by atoms with Crippen molar-refractivity contribution in [2.75, 3.05) is 18.8 Å². The van der Waals surface area contributed by atoms with Crippen molar-refractivity contribution in [1.82, 2.24) is 4.90 Å². The summed E-state index contributed by atoms with van der Waals surface area (Å²) in [7, 11) is 0. The van der Waals surface area contributed by atoms with Crippen LogP contribution in [0.1, 0.15) is 24.2 Å². The van der Waals surface area contributed by atoms with Crippen molar-refractivity contribution < 1.29 is 4.79 Å². The van der Waals surface area contributed by atoms with Gasteiger partial charge in [-0.3, -0.25) is 4.79 Å². The Kier molecular flexibility index (Phi) is 4.15. The minimum absolute atomic E-state index is 0.0150. The molecule has 0 bridgehead atoms. The number of nitrogens with zero attached hydrogens (tertiary/aromatic N) is 1. The highest BCUT2D eigenvalue weighted by Gasteiger charge is 2.15. The summed E-state index contributed by atoms with van der Waals surface area (Å²) in [5.41, 5.74) is 6.91. The molecule has 0 aliphatic rings. The average molecular weight is 271 g/mol. The Morgan fingerprint density at radius 2 is 2.00 bits per heavy atom. The van der Waals surface area contributed by atoms with Gasteiger partial charge < -0.3 is 10.6 Å². The molecule has 1 aromatic rings. The number of halogens is 1. The molecule has 0 aliphatic carbocycles. The van der Waals surface area contributed by atoms with E-state index in [1.807, 2.05) is 26.0 Å². The highest BCUT2D eigenvalue weighted by atomic mass is 79.9. The maximum atomic E-state index is 12.0. The van der Waals surface area contributed by atoms with E-state index in [9.17, 15) is 4.79 Å². The molecule has 0 radical (unpaired) electrons. The Labute approximate surface area is 98.4 Å². The van der Waals surface area contributed by atoms with Crippen LogP contribution in [0.2, 0.25) is 0 Å². The smallest absolute Gasteiger partial charge is 0.255 e. The number of nitrogen functional groups attached to an aromatic ring is 1. The maximum Gasteiger partial charge on any atom is 0.255 e. The Morgan fingerprint density at radius 3 is 2.53 bits per heavy atom. The van der Waals surface area contributed by atoms with Crippen LogP contribution in [0.5, 0.6) is 0 Å². The van der Waals surface area contributed by atoms with Gasteiger partial charge in [0.1, 0.15) is 0 Å². The summed E-state index contributed by atoms with van der Waals surface area (Å²) in [6.45, 7) is 5.30. The van der Waals surface area contributed by atoms with Crippen molar-refractivity contribution in [2.24, 2.45) is 0 Å². The number of benzene rings is 1. The largest absolute Gasteiger partial charge is 0.397 e. The molecule has 0 spiro atoms. The van der Waals surface area contributed by atoms with Crippen molar-refractivity contribution in [2.45, 2.75) is 13.8 Å². The molecule has 0 aromatic heterocycles. The second-order valence-electron chi connectivity index (χ2n) is 3.18. The topological polar surface area (TPSA) is 46.3 Å². The Hall–Kier alpha value is -1.03. The number of anilines is 1. The highest BCUT2D eigenvalue weighted by molar-refractivity contribution is 9.10. The van der Waals surface area contributed by atoms with Crippen LogP contribution in [-0.2, 0) is 0 Å². The lowest BCUT2D eigenvalue weighted by molar-refractivity contribution is 0.0774. The third-order valence-electron chi connectivity index (χ3n) is 2.33. The standard InChI is InChI=1S/C11H15BrN2O/c1-3-14(4-2)11(15)8-6-5-7-9(12)10(8)13/h5-7H,3-4,13H2,1-2H3. The fourth-order valence-corrected chi connectivity index (χ4v) is 1.77. The maximum absolute atomic E-state index is 12.0. The summed E-state index contributed by atoms with van der Waals surface area (Å²) in [6.07, 6.45) is 0. The highest BCUT2D eigenvalue weighted by Crippen LogP contribution is 2.23. The van der Waals surface area contributed by atoms with Gasteiger partial charge in [-0.25, -0.2) is 0 Å². The summed E-state index contributed by atoms with van der Waals surface area (Å²) >= 11 is 3.31. The van der Waals surface area contributed by atoms with Crippen LogP contribution in [0.25, 0.3) is 0 Å². The van der Waals surface area contributed by atoms with E-state index in [0.29, 0.717) is 24.3 Å². The predicted molar refractivity (Wildman–Crippen MR) is 65.8 cm³/mol. The average Bonchev–Trinajstić information content (AvgIpc) is 2.23. The van der Waals surface area contributed by atoms with Crippen LogP contribution in [0.4, 0.5) is 5.69 Å². The second kappa shape index (κ2) is 5.16. The fraction of sp³-hybridized carbons (Fsp3) is 0.364. The molecule has 2 N–H and O–H groups in total. The molecular formula is C11H15BrN2O. The lowest BCUT2D eigenvalue weighted by atomic mass is 10.1. The van der Waals surface area contributed by atoms with Gasteiger partial charge in [-0.05, 0) is 41.9 Å². The SMILES string of the molecule is CCN(CC)C(=O)c1cccc(Br)c1N. The van der Waals surface area contributed by atoms with Gasteiger partial charge in [0, 0.05) is 17.6 Å². The van der Waals surface area contributed by atoms with E-state index in [1.54, 1.807) is 11.0 Å². The molecule has 3 nitrogen and oxygen atoms in total. The quantitative estimate of drug-likeness (QED) is 0.858. The molecular weight excluding hydrogens is 256 g/mol. The second-order valence-corrected chi connectivity index (χ2v) is 4.03. The third-order valence-corrected chi connectivity index (χ3v) is 3.03. The molecule has 15 heavy (non-hydrogen) atoms. The van der Waals surface area contributed by atoms with Crippen LogP contribution in [-0.4, -0.2) is 23.9 Å². The fourth-order valence-electron chi connectivity index (χ4n) is 1.40. The summed E-state index contributed by atoms with van der Waals surface area (Å²) in [5, 5.41) is 0.